The highest BCUT2D eigenvalue weighted by Crippen LogP contribution is 2.45. The third kappa shape index (κ3) is 3.08. The Kier molecular flexibility index (Phi) is 5.05. The first-order valence-corrected chi connectivity index (χ1v) is 10.0. The molecule has 1 saturated heterocycles. The maximum absolute atomic E-state index is 13.6. The van der Waals surface area contributed by atoms with Crippen LogP contribution in [0.15, 0.2) is 58.1 Å². The summed E-state index contributed by atoms with van der Waals surface area (Å²) in [5.74, 6) is -3.57. The summed E-state index contributed by atoms with van der Waals surface area (Å²) in [7, 11) is 0. The van der Waals surface area contributed by atoms with E-state index in [-0.39, 0.29) is 23.6 Å². The summed E-state index contributed by atoms with van der Waals surface area (Å²) in [5.41, 5.74) is 0.749. The lowest BCUT2D eigenvalue weighted by molar-refractivity contribution is -0.385. The number of hydrogen-bond donors (Lipinski definition) is 1. The van der Waals surface area contributed by atoms with Crippen molar-refractivity contribution >= 4 is 50.8 Å². The van der Waals surface area contributed by atoms with Crippen LogP contribution >= 0.6 is 15.9 Å². The van der Waals surface area contributed by atoms with Gasteiger partial charge in [0.25, 0.3) is 11.6 Å². The van der Waals surface area contributed by atoms with Crippen molar-refractivity contribution in [3.05, 3.63) is 68.7 Å². The number of nitrogens with one attached hydrogen (secondary N) is 1. The second-order valence-electron chi connectivity index (χ2n) is 6.83. The van der Waals surface area contributed by atoms with Crippen molar-refractivity contribution in [2.45, 2.75) is 12.5 Å². The standard InChI is InChI=1S/C20H15BrN4O6/c1-2-31-18(27)16-15-17(26)24(13-8-6-12(21)7-9-13)19(28)20(15,23-22-16)11-4-3-5-14(10-11)25(29)30/h3-10,15,23H,2H2,1H3. The Morgan fingerprint density at radius 1 is 1.29 bits per heavy atom. The average molecular weight is 487 g/mol. The Hall–Kier alpha value is -3.60. The average Bonchev–Trinajstić information content (AvgIpc) is 3.25. The van der Waals surface area contributed by atoms with Crippen molar-refractivity contribution < 1.29 is 24.0 Å². The number of non-ortho nitro benzene ring substituents is 1. The molecule has 1 fully saturated rings. The molecule has 2 aliphatic heterocycles. The number of nitro groups is 1. The van der Waals surface area contributed by atoms with Gasteiger partial charge in [-0.3, -0.25) is 25.1 Å². The number of anilines is 1. The van der Waals surface area contributed by atoms with Gasteiger partial charge in [-0.2, -0.15) is 5.10 Å². The minimum Gasteiger partial charge on any atom is -0.461 e. The molecule has 2 unspecified atom stereocenters. The summed E-state index contributed by atoms with van der Waals surface area (Å²) in [6, 6.07) is 11.8. The number of nitro benzene ring substituents is 1. The zero-order chi connectivity index (χ0) is 22.3. The van der Waals surface area contributed by atoms with Crippen molar-refractivity contribution in [3.63, 3.8) is 0 Å². The number of benzene rings is 2. The van der Waals surface area contributed by atoms with Crippen LogP contribution in [0.3, 0.4) is 0 Å². The fourth-order valence-electron chi connectivity index (χ4n) is 3.78. The van der Waals surface area contributed by atoms with Crippen molar-refractivity contribution in [3.8, 4) is 0 Å². The highest BCUT2D eigenvalue weighted by atomic mass is 79.9. The summed E-state index contributed by atoms with van der Waals surface area (Å²) in [6.07, 6.45) is 0. The molecule has 10 nitrogen and oxygen atoms in total. The van der Waals surface area contributed by atoms with Crippen LogP contribution in [-0.4, -0.2) is 35.0 Å². The molecule has 11 heteroatoms. The normalized spacial score (nSPS) is 22.1. The van der Waals surface area contributed by atoms with Gasteiger partial charge in [-0.15, -0.1) is 0 Å². The number of fused-ring (bicyclic) bond motifs is 1. The zero-order valence-corrected chi connectivity index (χ0v) is 17.7. The van der Waals surface area contributed by atoms with E-state index < -0.39 is 34.2 Å². The van der Waals surface area contributed by atoms with E-state index in [9.17, 15) is 24.5 Å². The minimum atomic E-state index is -1.81. The zero-order valence-electron chi connectivity index (χ0n) is 16.1. The van der Waals surface area contributed by atoms with Crippen molar-refractivity contribution in [2.24, 2.45) is 11.0 Å². The Morgan fingerprint density at radius 2 is 2.00 bits per heavy atom. The molecule has 2 atom stereocenters. The number of hydrazone groups is 1. The molecule has 2 aromatic carbocycles. The van der Waals surface area contributed by atoms with Gasteiger partial charge >= 0.3 is 5.97 Å². The van der Waals surface area contributed by atoms with Crippen LogP contribution in [-0.2, 0) is 24.7 Å². The van der Waals surface area contributed by atoms with E-state index in [0.29, 0.717) is 5.69 Å². The lowest BCUT2D eigenvalue weighted by Crippen LogP contribution is -2.48. The second kappa shape index (κ2) is 7.58. The molecule has 158 valence electrons. The van der Waals surface area contributed by atoms with Crippen LogP contribution in [0.1, 0.15) is 12.5 Å². The van der Waals surface area contributed by atoms with Gasteiger partial charge in [-0.1, -0.05) is 28.1 Å². The number of nitrogens with zero attached hydrogens (tertiary/aromatic N) is 3. The first-order valence-electron chi connectivity index (χ1n) is 9.22. The number of hydrogen-bond acceptors (Lipinski definition) is 8. The molecule has 2 heterocycles. The van der Waals surface area contributed by atoms with E-state index in [1.807, 2.05) is 0 Å². The molecule has 0 radical (unpaired) electrons. The number of carbonyl (C=O) groups is 3. The maximum Gasteiger partial charge on any atom is 0.355 e. The van der Waals surface area contributed by atoms with Crippen LogP contribution < -0.4 is 10.3 Å². The van der Waals surface area contributed by atoms with Gasteiger partial charge in [0.15, 0.2) is 11.3 Å². The predicted octanol–water partition coefficient (Wildman–Crippen LogP) is 2.26. The monoisotopic (exact) mass is 486 g/mol. The second-order valence-corrected chi connectivity index (χ2v) is 7.75. The SMILES string of the molecule is CCOC(=O)C1=NNC2(c3cccc([N+](=O)[O-])c3)C(=O)N(c3ccc(Br)cc3)C(=O)C12. The van der Waals surface area contributed by atoms with Crippen LogP contribution in [0.25, 0.3) is 0 Å². The van der Waals surface area contributed by atoms with Crippen molar-refractivity contribution in [2.75, 3.05) is 11.5 Å². The van der Waals surface area contributed by atoms with Gasteiger partial charge < -0.3 is 4.74 Å². The number of rotatable bonds is 5. The number of imide groups is 1. The third-order valence-corrected chi connectivity index (χ3v) is 5.68. The summed E-state index contributed by atoms with van der Waals surface area (Å²) < 4.78 is 5.76. The molecular formula is C20H15BrN4O6. The lowest BCUT2D eigenvalue weighted by atomic mass is 9.78. The van der Waals surface area contributed by atoms with Crippen LogP contribution in [0.5, 0.6) is 0 Å². The fourth-order valence-corrected chi connectivity index (χ4v) is 4.05. The number of amides is 2. The fraction of sp³-hybridized carbons (Fsp3) is 0.200. The van der Waals surface area contributed by atoms with Gasteiger partial charge in [0.1, 0.15) is 5.92 Å². The minimum absolute atomic E-state index is 0.0486. The first-order chi connectivity index (χ1) is 14.8. The topological polar surface area (TPSA) is 131 Å². The van der Waals surface area contributed by atoms with Crippen LogP contribution in [0, 0.1) is 16.0 Å². The van der Waals surface area contributed by atoms with Gasteiger partial charge in [0.05, 0.1) is 17.2 Å². The molecule has 31 heavy (non-hydrogen) atoms. The first kappa shape index (κ1) is 20.7. The molecular weight excluding hydrogens is 472 g/mol. The number of halogens is 1. The summed E-state index contributed by atoms with van der Waals surface area (Å²) in [4.78, 5) is 51.2. The lowest BCUT2D eigenvalue weighted by Gasteiger charge is -2.26. The van der Waals surface area contributed by atoms with Crippen molar-refractivity contribution in [1.29, 1.82) is 0 Å². The molecule has 0 aliphatic carbocycles. The van der Waals surface area contributed by atoms with Gasteiger partial charge in [-0.25, -0.2) is 9.69 Å². The highest BCUT2D eigenvalue weighted by molar-refractivity contribution is 9.10. The van der Waals surface area contributed by atoms with E-state index in [1.54, 1.807) is 31.2 Å². The molecule has 2 aromatic rings. The number of carbonyl (C=O) groups excluding carboxylic acids is 3. The molecule has 0 aromatic heterocycles. The van der Waals surface area contributed by atoms with Crippen LogP contribution in [0.4, 0.5) is 11.4 Å². The smallest absolute Gasteiger partial charge is 0.355 e. The summed E-state index contributed by atoms with van der Waals surface area (Å²) in [5, 5.41) is 15.2. The number of ether oxygens (including phenoxy) is 1. The van der Waals surface area contributed by atoms with Crippen LogP contribution in [0.2, 0.25) is 0 Å². The van der Waals surface area contributed by atoms with E-state index in [1.165, 1.54) is 24.3 Å². The molecule has 4 rings (SSSR count). The Morgan fingerprint density at radius 3 is 2.65 bits per heavy atom. The molecule has 0 bridgehead atoms. The van der Waals surface area contributed by atoms with E-state index in [0.717, 1.165) is 9.37 Å². The summed E-state index contributed by atoms with van der Waals surface area (Å²) in [6.45, 7) is 1.65. The van der Waals surface area contributed by atoms with Crippen molar-refractivity contribution in [1.82, 2.24) is 5.43 Å². The molecule has 1 N–H and O–H groups in total. The molecule has 0 saturated carbocycles. The third-order valence-electron chi connectivity index (χ3n) is 5.15. The Labute approximate surface area is 184 Å². The molecule has 0 spiro atoms. The predicted molar refractivity (Wildman–Crippen MR) is 112 cm³/mol. The van der Waals surface area contributed by atoms with E-state index in [4.69, 9.17) is 4.74 Å². The molecule has 2 amide bonds. The Bertz CT molecular complexity index is 1150. The maximum atomic E-state index is 13.6. The summed E-state index contributed by atoms with van der Waals surface area (Å²) >= 11 is 3.30. The van der Waals surface area contributed by atoms with Gasteiger partial charge in [0.2, 0.25) is 5.91 Å². The van der Waals surface area contributed by atoms with Gasteiger partial charge in [0, 0.05) is 16.6 Å². The Balaban J connectivity index is 1.89. The van der Waals surface area contributed by atoms with Gasteiger partial charge in [-0.05, 0) is 36.8 Å². The molecule has 2 aliphatic rings. The number of esters is 1. The highest BCUT2D eigenvalue weighted by Gasteiger charge is 2.67. The largest absolute Gasteiger partial charge is 0.461 e. The van der Waals surface area contributed by atoms with E-state index >= 15 is 0 Å². The van der Waals surface area contributed by atoms with E-state index in [2.05, 4.69) is 26.5 Å². The quantitative estimate of drug-likeness (QED) is 0.296.